The van der Waals surface area contributed by atoms with Crippen molar-refractivity contribution in [2.45, 2.75) is 26.2 Å². The zero-order valence-electron chi connectivity index (χ0n) is 16.8. The van der Waals surface area contributed by atoms with E-state index in [1.165, 1.54) is 0 Å². The Balaban J connectivity index is 1.50. The van der Waals surface area contributed by atoms with E-state index in [9.17, 15) is 0 Å². The van der Waals surface area contributed by atoms with Gasteiger partial charge in [-0.1, -0.05) is 23.2 Å². The molecule has 1 fully saturated rings. The zero-order chi connectivity index (χ0) is 21.3. The molecule has 3 aromatic rings. The minimum Gasteiger partial charge on any atom is -0.492 e. The summed E-state index contributed by atoms with van der Waals surface area (Å²) in [6, 6.07) is 13.3. The number of rotatable bonds is 7. The molecular weight excluding hydrogens is 421 g/mol. The Morgan fingerprint density at radius 1 is 1.10 bits per heavy atom. The largest absolute Gasteiger partial charge is 0.492 e. The van der Waals surface area contributed by atoms with Crippen LogP contribution in [0.5, 0.6) is 5.75 Å². The Labute approximate surface area is 186 Å². The second-order valence-electron chi connectivity index (χ2n) is 7.28. The smallest absolute Gasteiger partial charge is 0.161 e. The molecule has 0 amide bonds. The predicted molar refractivity (Wildman–Crippen MR) is 121 cm³/mol. The molecule has 1 aliphatic rings. The Bertz CT molecular complexity index is 1050. The minimum absolute atomic E-state index is 0.130. The van der Waals surface area contributed by atoms with E-state index in [0.29, 0.717) is 23.2 Å². The SMILES string of the molecule is Cc1cc(OCCN)cc(C)c1NC1OC1c1cc(-c2cc(Cl)ccc2Cl)ccn1. The minimum atomic E-state index is -0.143. The van der Waals surface area contributed by atoms with Crippen LogP contribution < -0.4 is 15.8 Å². The third-order valence-electron chi connectivity index (χ3n) is 4.98. The molecule has 1 aromatic heterocycles. The first-order valence-electron chi connectivity index (χ1n) is 9.73. The van der Waals surface area contributed by atoms with E-state index in [1.54, 1.807) is 18.3 Å². The molecule has 1 saturated heterocycles. The Morgan fingerprint density at radius 3 is 2.60 bits per heavy atom. The van der Waals surface area contributed by atoms with E-state index in [2.05, 4.69) is 10.3 Å². The molecule has 0 spiro atoms. The fraction of sp³-hybridized carbons (Fsp3) is 0.261. The summed E-state index contributed by atoms with van der Waals surface area (Å²) in [4.78, 5) is 4.49. The van der Waals surface area contributed by atoms with Crippen molar-refractivity contribution in [1.29, 1.82) is 0 Å². The molecule has 30 heavy (non-hydrogen) atoms. The van der Waals surface area contributed by atoms with E-state index < -0.39 is 0 Å². The molecule has 0 aliphatic carbocycles. The average Bonchev–Trinajstić information content (AvgIpc) is 3.50. The van der Waals surface area contributed by atoms with Gasteiger partial charge in [-0.25, -0.2) is 0 Å². The van der Waals surface area contributed by atoms with Gasteiger partial charge in [0, 0.05) is 34.0 Å². The van der Waals surface area contributed by atoms with Crippen LogP contribution in [0.1, 0.15) is 22.9 Å². The Hall–Kier alpha value is -2.31. The second-order valence-corrected chi connectivity index (χ2v) is 8.13. The molecule has 2 heterocycles. The molecule has 156 valence electrons. The van der Waals surface area contributed by atoms with Crippen molar-refractivity contribution in [2.75, 3.05) is 18.5 Å². The van der Waals surface area contributed by atoms with E-state index in [4.69, 9.17) is 38.4 Å². The molecule has 1 aliphatic heterocycles. The second kappa shape index (κ2) is 8.82. The van der Waals surface area contributed by atoms with E-state index in [-0.39, 0.29) is 12.3 Å². The van der Waals surface area contributed by atoms with E-state index in [1.807, 2.05) is 44.2 Å². The van der Waals surface area contributed by atoms with Crippen LogP contribution in [0.3, 0.4) is 0 Å². The summed E-state index contributed by atoms with van der Waals surface area (Å²) in [6.07, 6.45) is 1.49. The van der Waals surface area contributed by atoms with Gasteiger partial charge in [0.15, 0.2) is 6.23 Å². The van der Waals surface area contributed by atoms with Gasteiger partial charge in [-0.2, -0.15) is 0 Å². The van der Waals surface area contributed by atoms with Crippen LogP contribution in [0.2, 0.25) is 10.0 Å². The Kier molecular flexibility index (Phi) is 6.16. The highest BCUT2D eigenvalue weighted by atomic mass is 35.5. The van der Waals surface area contributed by atoms with Crippen LogP contribution in [0.25, 0.3) is 11.1 Å². The maximum absolute atomic E-state index is 6.35. The lowest BCUT2D eigenvalue weighted by atomic mass is 10.0. The standard InChI is InChI=1S/C23H23Cl2N3O2/c1-13-9-17(29-8-6-26)10-14(2)21(13)28-23-22(30-23)20-11-15(5-7-27-20)18-12-16(24)3-4-19(18)25/h3-5,7,9-12,22-23,28H,6,8,26H2,1-2H3. The maximum atomic E-state index is 6.35. The van der Waals surface area contributed by atoms with Gasteiger partial charge in [-0.3, -0.25) is 4.98 Å². The topological polar surface area (TPSA) is 72.7 Å². The molecule has 5 nitrogen and oxygen atoms in total. The number of hydrogen-bond acceptors (Lipinski definition) is 5. The van der Waals surface area contributed by atoms with Crippen molar-refractivity contribution in [2.24, 2.45) is 5.73 Å². The zero-order valence-corrected chi connectivity index (χ0v) is 18.3. The van der Waals surface area contributed by atoms with Crippen molar-refractivity contribution in [3.63, 3.8) is 0 Å². The summed E-state index contributed by atoms with van der Waals surface area (Å²) in [6.45, 7) is 5.07. The number of anilines is 1. The van der Waals surface area contributed by atoms with Gasteiger partial charge in [-0.15, -0.1) is 0 Å². The van der Waals surface area contributed by atoms with Crippen LogP contribution in [0.15, 0.2) is 48.7 Å². The van der Waals surface area contributed by atoms with Gasteiger partial charge in [0.05, 0.1) is 5.69 Å². The number of nitrogens with zero attached hydrogens (tertiary/aromatic N) is 1. The van der Waals surface area contributed by atoms with Gasteiger partial charge < -0.3 is 20.5 Å². The highest BCUT2D eigenvalue weighted by Crippen LogP contribution is 2.41. The summed E-state index contributed by atoms with van der Waals surface area (Å²) in [5.41, 5.74) is 11.4. The molecule has 0 saturated carbocycles. The molecule has 3 N–H and O–H groups in total. The summed E-state index contributed by atoms with van der Waals surface area (Å²) >= 11 is 12.5. The molecule has 7 heteroatoms. The van der Waals surface area contributed by atoms with Crippen molar-refractivity contribution in [3.8, 4) is 16.9 Å². The number of halogens is 2. The van der Waals surface area contributed by atoms with Crippen LogP contribution in [0, 0.1) is 13.8 Å². The lowest BCUT2D eigenvalue weighted by Gasteiger charge is -2.14. The Morgan fingerprint density at radius 2 is 1.87 bits per heavy atom. The van der Waals surface area contributed by atoms with Gasteiger partial charge in [0.2, 0.25) is 0 Å². The molecule has 2 atom stereocenters. The van der Waals surface area contributed by atoms with E-state index in [0.717, 1.165) is 39.4 Å². The third kappa shape index (κ3) is 4.55. The lowest BCUT2D eigenvalue weighted by Crippen LogP contribution is -2.12. The number of pyridine rings is 1. The van der Waals surface area contributed by atoms with Crippen molar-refractivity contribution in [1.82, 2.24) is 4.98 Å². The van der Waals surface area contributed by atoms with Gasteiger partial charge in [-0.05, 0) is 73.0 Å². The van der Waals surface area contributed by atoms with Crippen LogP contribution in [-0.4, -0.2) is 24.4 Å². The third-order valence-corrected chi connectivity index (χ3v) is 5.55. The fourth-order valence-electron chi connectivity index (χ4n) is 3.49. The predicted octanol–water partition coefficient (Wildman–Crippen LogP) is 5.52. The first kappa shape index (κ1) is 20.9. The number of benzene rings is 2. The lowest BCUT2D eigenvalue weighted by molar-refractivity contribution is 0.328. The molecule has 0 bridgehead atoms. The summed E-state index contributed by atoms with van der Waals surface area (Å²) < 4.78 is 11.5. The van der Waals surface area contributed by atoms with E-state index >= 15 is 0 Å². The van der Waals surface area contributed by atoms with Crippen LogP contribution in [-0.2, 0) is 4.74 Å². The fourth-order valence-corrected chi connectivity index (χ4v) is 3.89. The van der Waals surface area contributed by atoms with Gasteiger partial charge in [0.25, 0.3) is 0 Å². The average molecular weight is 444 g/mol. The first-order valence-corrected chi connectivity index (χ1v) is 10.5. The first-order chi connectivity index (χ1) is 14.5. The molecule has 2 unspecified atom stereocenters. The maximum Gasteiger partial charge on any atom is 0.161 e. The van der Waals surface area contributed by atoms with Crippen molar-refractivity contribution in [3.05, 3.63) is 75.5 Å². The van der Waals surface area contributed by atoms with Gasteiger partial charge in [0.1, 0.15) is 18.5 Å². The van der Waals surface area contributed by atoms with Crippen LogP contribution in [0.4, 0.5) is 5.69 Å². The molecular formula is C23H23Cl2N3O2. The van der Waals surface area contributed by atoms with Crippen LogP contribution >= 0.6 is 23.2 Å². The molecule has 0 radical (unpaired) electrons. The number of ether oxygens (including phenoxy) is 2. The summed E-state index contributed by atoms with van der Waals surface area (Å²) in [5, 5.41) is 4.76. The number of aromatic nitrogens is 1. The number of hydrogen-bond donors (Lipinski definition) is 2. The van der Waals surface area contributed by atoms with Crippen molar-refractivity contribution >= 4 is 28.9 Å². The molecule has 4 rings (SSSR count). The number of nitrogens with one attached hydrogen (secondary N) is 1. The monoisotopic (exact) mass is 443 g/mol. The van der Waals surface area contributed by atoms with Gasteiger partial charge >= 0.3 is 0 Å². The highest BCUT2D eigenvalue weighted by molar-refractivity contribution is 6.35. The quantitative estimate of drug-likeness (QED) is 0.470. The number of epoxide rings is 1. The summed E-state index contributed by atoms with van der Waals surface area (Å²) in [7, 11) is 0. The molecule has 2 aromatic carbocycles. The number of aryl methyl sites for hydroxylation is 2. The number of nitrogens with two attached hydrogens (primary N) is 1. The highest BCUT2D eigenvalue weighted by Gasteiger charge is 2.42. The van der Waals surface area contributed by atoms with Crippen molar-refractivity contribution < 1.29 is 9.47 Å². The summed E-state index contributed by atoms with van der Waals surface area (Å²) in [5.74, 6) is 0.821. The normalized spacial score (nSPS) is 17.6.